The normalized spacial score (nSPS) is 11.4. The standard InChI is InChI=1S/C15H21ClFNO/c1-4-15(5-2,9-16)10-18-14(19)12-8-11(3)6-7-13(12)17/h6-8H,4-5,9-10H2,1-3H3,(H,18,19). The maximum Gasteiger partial charge on any atom is 0.254 e. The molecule has 0 aliphatic rings. The van der Waals surface area contributed by atoms with Crippen molar-refractivity contribution in [2.24, 2.45) is 5.41 Å². The van der Waals surface area contributed by atoms with Crippen LogP contribution in [-0.2, 0) is 0 Å². The lowest BCUT2D eigenvalue weighted by molar-refractivity contribution is 0.0927. The van der Waals surface area contributed by atoms with Gasteiger partial charge < -0.3 is 5.32 Å². The molecule has 0 fully saturated rings. The predicted molar refractivity (Wildman–Crippen MR) is 77.2 cm³/mol. The molecule has 0 saturated heterocycles. The maximum atomic E-state index is 13.6. The smallest absolute Gasteiger partial charge is 0.254 e. The Morgan fingerprint density at radius 2 is 2.00 bits per heavy atom. The predicted octanol–water partition coefficient (Wildman–Crippen LogP) is 3.91. The maximum absolute atomic E-state index is 13.6. The number of hydrogen-bond donors (Lipinski definition) is 1. The number of carbonyl (C=O) groups is 1. The van der Waals surface area contributed by atoms with Gasteiger partial charge in [-0.1, -0.05) is 25.5 Å². The minimum absolute atomic E-state index is 0.0932. The molecule has 0 aliphatic carbocycles. The number of aryl methyl sites for hydroxylation is 1. The number of halogens is 2. The third-order valence-electron chi connectivity index (χ3n) is 3.77. The summed E-state index contributed by atoms with van der Waals surface area (Å²) in [5.74, 6) is -0.388. The number of benzene rings is 1. The summed E-state index contributed by atoms with van der Waals surface area (Å²) in [5.41, 5.74) is 0.842. The summed E-state index contributed by atoms with van der Waals surface area (Å²) in [6.45, 7) is 6.39. The van der Waals surface area contributed by atoms with Gasteiger partial charge in [-0.3, -0.25) is 4.79 Å². The highest BCUT2D eigenvalue weighted by Gasteiger charge is 2.26. The number of hydrogen-bond acceptors (Lipinski definition) is 1. The molecule has 4 heteroatoms. The Bertz CT molecular complexity index is 436. The third-order valence-corrected chi connectivity index (χ3v) is 4.34. The van der Waals surface area contributed by atoms with E-state index >= 15 is 0 Å². The van der Waals surface area contributed by atoms with Crippen LogP contribution in [0.2, 0.25) is 0 Å². The zero-order valence-corrected chi connectivity index (χ0v) is 12.5. The van der Waals surface area contributed by atoms with Gasteiger partial charge in [0.1, 0.15) is 5.82 Å². The van der Waals surface area contributed by atoms with E-state index in [1.165, 1.54) is 6.07 Å². The van der Waals surface area contributed by atoms with Crippen molar-refractivity contribution in [2.45, 2.75) is 33.6 Å². The summed E-state index contributed by atoms with van der Waals surface area (Å²) in [5, 5.41) is 2.80. The van der Waals surface area contributed by atoms with Crippen LogP contribution >= 0.6 is 11.6 Å². The van der Waals surface area contributed by atoms with Crippen molar-refractivity contribution < 1.29 is 9.18 Å². The summed E-state index contributed by atoms with van der Waals surface area (Å²) in [4.78, 5) is 12.0. The van der Waals surface area contributed by atoms with Gasteiger partial charge in [0, 0.05) is 17.8 Å². The summed E-state index contributed by atoms with van der Waals surface area (Å²) < 4.78 is 13.6. The van der Waals surface area contributed by atoms with Gasteiger partial charge in [0.05, 0.1) is 5.56 Å². The summed E-state index contributed by atoms with van der Waals surface area (Å²) in [6, 6.07) is 4.52. The minimum Gasteiger partial charge on any atom is -0.351 e. The molecule has 0 aromatic heterocycles. The lowest BCUT2D eigenvalue weighted by Gasteiger charge is -2.29. The fourth-order valence-corrected chi connectivity index (χ4v) is 2.38. The van der Waals surface area contributed by atoms with Gasteiger partial charge in [-0.05, 0) is 31.9 Å². The van der Waals surface area contributed by atoms with Crippen LogP contribution in [0, 0.1) is 18.2 Å². The van der Waals surface area contributed by atoms with Crippen LogP contribution in [0.1, 0.15) is 42.6 Å². The fraction of sp³-hybridized carbons (Fsp3) is 0.533. The number of alkyl halides is 1. The molecule has 0 radical (unpaired) electrons. The van der Waals surface area contributed by atoms with Crippen LogP contribution in [0.5, 0.6) is 0 Å². The molecule has 0 bridgehead atoms. The molecule has 1 aromatic rings. The van der Waals surface area contributed by atoms with Crippen molar-refractivity contribution >= 4 is 17.5 Å². The lowest BCUT2D eigenvalue weighted by atomic mass is 9.84. The first kappa shape index (κ1) is 16.0. The van der Waals surface area contributed by atoms with Gasteiger partial charge >= 0.3 is 0 Å². The van der Waals surface area contributed by atoms with Gasteiger partial charge in [0.15, 0.2) is 0 Å². The number of carbonyl (C=O) groups excluding carboxylic acids is 1. The Balaban J connectivity index is 2.77. The van der Waals surface area contributed by atoms with E-state index < -0.39 is 5.82 Å². The van der Waals surface area contributed by atoms with Crippen molar-refractivity contribution in [3.05, 3.63) is 35.1 Å². The average molecular weight is 286 g/mol. The monoisotopic (exact) mass is 285 g/mol. The molecule has 1 N–H and O–H groups in total. The Kier molecular flexibility index (Phi) is 5.80. The number of rotatable bonds is 6. The zero-order valence-electron chi connectivity index (χ0n) is 11.7. The molecule has 1 rings (SSSR count). The second kappa shape index (κ2) is 6.90. The average Bonchev–Trinajstić information content (AvgIpc) is 2.43. The van der Waals surface area contributed by atoms with E-state index in [0.29, 0.717) is 12.4 Å². The van der Waals surface area contributed by atoms with Crippen molar-refractivity contribution in [2.75, 3.05) is 12.4 Å². The first-order chi connectivity index (χ1) is 8.98. The fourth-order valence-electron chi connectivity index (χ4n) is 1.91. The molecule has 19 heavy (non-hydrogen) atoms. The number of amides is 1. The highest BCUT2D eigenvalue weighted by molar-refractivity contribution is 6.18. The van der Waals surface area contributed by atoms with Crippen molar-refractivity contribution in [3.63, 3.8) is 0 Å². The Labute approximate surface area is 119 Å². The molecule has 1 aromatic carbocycles. The summed E-state index contributed by atoms with van der Waals surface area (Å²) in [6.07, 6.45) is 1.76. The van der Waals surface area contributed by atoms with Crippen LogP contribution in [0.3, 0.4) is 0 Å². The second-order valence-electron chi connectivity index (χ2n) is 5.01. The van der Waals surface area contributed by atoms with E-state index in [2.05, 4.69) is 5.32 Å². The Morgan fingerprint density at radius 3 is 2.53 bits per heavy atom. The van der Waals surface area contributed by atoms with Crippen LogP contribution in [0.4, 0.5) is 4.39 Å². The topological polar surface area (TPSA) is 29.1 Å². The van der Waals surface area contributed by atoms with Crippen molar-refractivity contribution in [1.82, 2.24) is 5.32 Å². The quantitative estimate of drug-likeness (QED) is 0.789. The molecule has 0 unspecified atom stereocenters. The first-order valence-electron chi connectivity index (χ1n) is 6.58. The summed E-state index contributed by atoms with van der Waals surface area (Å²) >= 11 is 5.99. The molecule has 0 heterocycles. The van der Waals surface area contributed by atoms with E-state index in [9.17, 15) is 9.18 Å². The largest absolute Gasteiger partial charge is 0.351 e. The second-order valence-corrected chi connectivity index (χ2v) is 5.27. The molecule has 0 saturated carbocycles. The molecule has 2 nitrogen and oxygen atoms in total. The molecule has 0 spiro atoms. The highest BCUT2D eigenvalue weighted by Crippen LogP contribution is 2.27. The molecular weight excluding hydrogens is 265 g/mol. The SMILES string of the molecule is CCC(CC)(CCl)CNC(=O)c1cc(C)ccc1F. The van der Waals surface area contributed by atoms with Crippen LogP contribution in [0.25, 0.3) is 0 Å². The van der Waals surface area contributed by atoms with E-state index in [0.717, 1.165) is 18.4 Å². The van der Waals surface area contributed by atoms with E-state index in [4.69, 9.17) is 11.6 Å². The van der Waals surface area contributed by atoms with Crippen LogP contribution < -0.4 is 5.32 Å². The van der Waals surface area contributed by atoms with Gasteiger partial charge in [-0.2, -0.15) is 0 Å². The van der Waals surface area contributed by atoms with Crippen molar-refractivity contribution in [3.8, 4) is 0 Å². The zero-order chi connectivity index (χ0) is 14.5. The van der Waals surface area contributed by atoms with Gasteiger partial charge in [-0.15, -0.1) is 11.6 Å². The number of nitrogens with one attached hydrogen (secondary N) is 1. The van der Waals surface area contributed by atoms with Crippen molar-refractivity contribution in [1.29, 1.82) is 0 Å². The Morgan fingerprint density at radius 1 is 1.37 bits per heavy atom. The van der Waals surface area contributed by atoms with E-state index in [1.807, 2.05) is 20.8 Å². The van der Waals surface area contributed by atoms with Crippen LogP contribution in [0.15, 0.2) is 18.2 Å². The van der Waals surface area contributed by atoms with Gasteiger partial charge in [0.2, 0.25) is 0 Å². The molecular formula is C15H21ClFNO. The third kappa shape index (κ3) is 3.93. The van der Waals surface area contributed by atoms with Crippen LogP contribution in [-0.4, -0.2) is 18.3 Å². The summed E-state index contributed by atoms with van der Waals surface area (Å²) in [7, 11) is 0. The van der Waals surface area contributed by atoms with Gasteiger partial charge in [-0.25, -0.2) is 4.39 Å². The molecule has 0 atom stereocenters. The van der Waals surface area contributed by atoms with E-state index in [-0.39, 0.29) is 16.9 Å². The van der Waals surface area contributed by atoms with E-state index in [1.54, 1.807) is 12.1 Å². The first-order valence-corrected chi connectivity index (χ1v) is 7.11. The Hall–Kier alpha value is -1.09. The molecule has 106 valence electrons. The lowest BCUT2D eigenvalue weighted by Crippen LogP contribution is -2.38. The molecule has 1 amide bonds. The minimum atomic E-state index is -0.493. The van der Waals surface area contributed by atoms with Gasteiger partial charge in [0.25, 0.3) is 5.91 Å². The highest BCUT2D eigenvalue weighted by atomic mass is 35.5. The molecule has 0 aliphatic heterocycles.